The van der Waals surface area contributed by atoms with Crippen LogP contribution in [0.1, 0.15) is 187 Å². The lowest BCUT2D eigenvalue weighted by Gasteiger charge is -2.33. The van der Waals surface area contributed by atoms with Crippen molar-refractivity contribution in [3.8, 4) is 51.1 Å². The molecule has 1 atom stereocenters. The van der Waals surface area contributed by atoms with Crippen LogP contribution in [0.3, 0.4) is 0 Å². The second-order valence-electron chi connectivity index (χ2n) is 39.4. The number of anilines is 4. The highest BCUT2D eigenvalue weighted by atomic mass is 16.5. The van der Waals surface area contributed by atoms with Gasteiger partial charge in [-0.1, -0.05) is 72.8 Å². The molecule has 714 valence electrons. The van der Waals surface area contributed by atoms with Crippen molar-refractivity contribution in [3.63, 3.8) is 0 Å². The van der Waals surface area contributed by atoms with Crippen LogP contribution in [0.4, 0.5) is 23.3 Å². The molecule has 8 fully saturated rings. The molecule has 0 aliphatic carbocycles. The van der Waals surface area contributed by atoms with Gasteiger partial charge in [0.2, 0.25) is 23.6 Å². The van der Waals surface area contributed by atoms with Crippen LogP contribution in [0.15, 0.2) is 122 Å². The second kappa shape index (κ2) is 40.4. The fourth-order valence-electron chi connectivity index (χ4n) is 23.0. The number of ether oxygens (including phenoxy) is 4. The molecule has 12 aliphatic heterocycles. The summed E-state index contributed by atoms with van der Waals surface area (Å²) in [5.41, 5.74) is 18.2. The topological polar surface area (TPSA) is 281 Å². The normalized spacial score (nSPS) is 19.8. The summed E-state index contributed by atoms with van der Waals surface area (Å²) >= 11 is 0. The molecule has 0 saturated carbocycles. The fraction of sp³-hybridized carbons (Fsp3) is 0.505. The van der Waals surface area contributed by atoms with E-state index < -0.39 is 0 Å². The highest BCUT2D eigenvalue weighted by Gasteiger charge is 2.38. The molecular formula is C107H128N22O8. The molecular weight excluding hydrogens is 1720 g/mol. The molecule has 8 aromatic heterocycles. The van der Waals surface area contributed by atoms with Crippen molar-refractivity contribution >= 4 is 90.0 Å². The van der Waals surface area contributed by atoms with E-state index in [-0.39, 0.29) is 29.5 Å². The molecule has 12 aliphatic rings. The first kappa shape index (κ1) is 91.2. The third-order valence-electron chi connectivity index (χ3n) is 30.9. The zero-order chi connectivity index (χ0) is 93.3. The molecule has 30 nitrogen and oxygen atoms in total. The smallest absolute Gasteiger partial charge is 0.219 e. The van der Waals surface area contributed by atoms with Gasteiger partial charge in [-0.05, 0) is 143 Å². The molecule has 30 heteroatoms. The van der Waals surface area contributed by atoms with Crippen molar-refractivity contribution in [2.45, 2.75) is 194 Å². The molecule has 20 heterocycles. The lowest BCUT2D eigenvalue weighted by Crippen LogP contribution is -2.44. The van der Waals surface area contributed by atoms with Gasteiger partial charge in [0.15, 0.2) is 0 Å². The van der Waals surface area contributed by atoms with Gasteiger partial charge in [-0.3, -0.25) is 37.9 Å². The van der Waals surface area contributed by atoms with Crippen LogP contribution in [-0.4, -0.2) is 259 Å². The molecule has 0 spiro atoms. The predicted octanol–water partition coefficient (Wildman–Crippen LogP) is 15.1. The zero-order valence-electron chi connectivity index (χ0n) is 80.2. The van der Waals surface area contributed by atoms with Crippen LogP contribution < -0.4 is 19.6 Å². The van der Waals surface area contributed by atoms with Gasteiger partial charge in [0.25, 0.3) is 0 Å². The number of carbonyl (C=O) groups excluding carboxylic acids is 4. The van der Waals surface area contributed by atoms with Crippen molar-refractivity contribution < 1.29 is 38.1 Å². The Kier molecular flexibility index (Phi) is 26.9. The fourth-order valence-corrected chi connectivity index (χ4v) is 23.0. The maximum absolute atomic E-state index is 12.2. The number of aromatic nitrogens is 12. The van der Waals surface area contributed by atoms with Gasteiger partial charge in [-0.25, -0.2) is 19.9 Å². The van der Waals surface area contributed by atoms with Crippen LogP contribution >= 0.6 is 0 Å². The first-order valence-corrected chi connectivity index (χ1v) is 50.5. The Bertz CT molecular complexity index is 6500. The van der Waals surface area contributed by atoms with Crippen molar-refractivity contribution in [2.75, 3.05) is 171 Å². The minimum Gasteiger partial charge on any atom is -0.381 e. The number of amides is 4. The second-order valence-corrected chi connectivity index (χ2v) is 39.4. The summed E-state index contributed by atoms with van der Waals surface area (Å²) in [6.45, 7) is 28.4. The van der Waals surface area contributed by atoms with Crippen molar-refractivity contribution in [1.82, 2.24) is 83.6 Å². The van der Waals surface area contributed by atoms with Crippen LogP contribution in [0.5, 0.6) is 0 Å². The Morgan fingerprint density at radius 3 is 0.869 bits per heavy atom. The number of fused-ring (bicyclic) bond motifs is 8. The average Bonchev–Trinajstić information content (AvgIpc) is 1.65. The summed E-state index contributed by atoms with van der Waals surface area (Å²) in [7, 11) is 2.17. The van der Waals surface area contributed by atoms with Gasteiger partial charge in [0.05, 0.1) is 58.9 Å². The lowest BCUT2D eigenvalue weighted by molar-refractivity contribution is -0.130. The average molecular weight is 1850 g/mol. The van der Waals surface area contributed by atoms with Gasteiger partial charge >= 0.3 is 0 Å². The number of pyridine rings is 4. The van der Waals surface area contributed by atoms with Crippen LogP contribution in [-0.2, 0) is 90.0 Å². The molecule has 0 bridgehead atoms. The van der Waals surface area contributed by atoms with Crippen LogP contribution in [0.2, 0.25) is 0 Å². The van der Waals surface area contributed by atoms with E-state index >= 15 is 0 Å². The number of hydrogen-bond donors (Lipinski definition) is 0. The van der Waals surface area contributed by atoms with E-state index in [1.165, 1.54) is 87.7 Å². The van der Waals surface area contributed by atoms with Crippen LogP contribution in [0.25, 0.3) is 88.1 Å². The number of carbonyl (C=O) groups is 4. The van der Waals surface area contributed by atoms with Gasteiger partial charge < -0.3 is 63.0 Å². The number of nitrogens with zero attached hydrogens (tertiary/aromatic N) is 22. The summed E-state index contributed by atoms with van der Waals surface area (Å²) in [5.74, 6) is 4.65. The monoisotopic (exact) mass is 1850 g/mol. The summed E-state index contributed by atoms with van der Waals surface area (Å²) < 4.78 is 31.5. The number of piperazine rings is 1. The zero-order valence-corrected chi connectivity index (χ0v) is 80.2. The Hall–Kier alpha value is -12.3. The third kappa shape index (κ3) is 18.9. The Balaban J connectivity index is 0.000000109. The number of likely N-dealkylation sites (N-methyl/N-ethyl adjacent to an activating group) is 1. The summed E-state index contributed by atoms with van der Waals surface area (Å²) in [6, 6.07) is 38.3. The van der Waals surface area contributed by atoms with Crippen molar-refractivity contribution in [1.29, 1.82) is 5.26 Å². The number of hydrogen-bond acceptors (Lipinski definition) is 22. The molecule has 1 unspecified atom stereocenters. The first-order chi connectivity index (χ1) is 67.1. The van der Waals surface area contributed by atoms with E-state index in [4.69, 9.17) is 59.3 Å². The quantitative estimate of drug-likeness (QED) is 0.110. The van der Waals surface area contributed by atoms with E-state index in [0.29, 0.717) is 50.3 Å². The predicted molar refractivity (Wildman–Crippen MR) is 531 cm³/mol. The van der Waals surface area contributed by atoms with Crippen LogP contribution in [0, 0.1) is 17.2 Å². The largest absolute Gasteiger partial charge is 0.381 e. The number of nitriles is 1. The first-order valence-electron chi connectivity index (χ1n) is 50.5. The molecule has 4 amide bonds. The molecule has 12 aromatic rings. The molecule has 0 N–H and O–H groups in total. The summed E-state index contributed by atoms with van der Waals surface area (Å²) in [4.78, 5) is 87.8. The third-order valence-corrected chi connectivity index (χ3v) is 30.9. The van der Waals surface area contributed by atoms with Crippen molar-refractivity contribution in [3.05, 3.63) is 167 Å². The van der Waals surface area contributed by atoms with E-state index in [0.717, 1.165) is 329 Å². The molecule has 8 saturated heterocycles. The standard InChI is InChI=1S/C27H34N6O2.C27H30N6O2.C27H33N5O2.C26H31N5O2/c1-19(34)32-9-6-25-24(18-32)27(29-33(25)21-7-14-35-15-8-21)22-5-3-4-20-16-26(28-17-23(20)22)31-12-10-30(2)11-13-31;1-18(34)31-10-6-25-24(17-31)27(30-33(25)21-7-11-35-12-8-21)22-4-2-3-20-13-26(29-15-23(20)22)32-9-5-19(14-28)16-32;1-19(33)31-13-8-25-24(18-31)27(29-32(25)21-9-14-34-15-10-21)22-7-5-6-20-16-26(28-17-23(20)22)30-11-3-2-4-12-30;1-18(32)30-12-7-24-23(17-30)26(28-31(24)20-8-13-33-14-9-20)21-6-4-5-19-15-25(27-16-22(19)21)29-10-2-3-11-29/h3-5,16-17,21H,6-15,18H2,1-2H3;2-4,13,15,19,21H,5-12,16-17H2,1H3;5-7,16-17,21H,2-4,8-15,18H2,1H3;4-6,15-16,20H,2-3,7-14,17H2,1H3. The Labute approximate surface area is 801 Å². The van der Waals surface area contributed by atoms with E-state index in [2.05, 4.69) is 153 Å². The lowest BCUT2D eigenvalue weighted by atomic mass is 9.97. The molecule has 4 aromatic carbocycles. The maximum atomic E-state index is 12.2. The highest BCUT2D eigenvalue weighted by Crippen LogP contribution is 2.45. The van der Waals surface area contributed by atoms with Gasteiger partial charge in [-0.15, -0.1) is 0 Å². The van der Waals surface area contributed by atoms with Crippen molar-refractivity contribution in [2.24, 2.45) is 5.92 Å². The summed E-state index contributed by atoms with van der Waals surface area (Å²) in [6.07, 6.45) is 26.4. The SMILES string of the molecule is CC(=O)N1CCc2c(c(-c3cccc4cc(N5CCC(C#N)C5)ncc34)nn2C2CCOCC2)C1.CC(=O)N1CCc2c(c(-c3cccc4cc(N5CCCC5)ncc34)nn2C2CCOCC2)C1.CC(=O)N1CCc2c(c(-c3cccc4cc(N5CCCCC5)ncc34)nn2C2CCOCC2)C1.CC(=O)N1CCc2c(c(-c3cccc4cc(N5CCN(C)CC5)ncc34)nn2C2CCOCC2)C1. The van der Waals surface area contributed by atoms with Gasteiger partial charge in [0.1, 0.15) is 23.3 Å². The summed E-state index contributed by atoms with van der Waals surface area (Å²) in [5, 5.41) is 39.3. The maximum Gasteiger partial charge on any atom is 0.219 e. The Morgan fingerprint density at radius 2 is 0.599 bits per heavy atom. The molecule has 24 rings (SSSR count). The van der Waals surface area contributed by atoms with Gasteiger partial charge in [-0.2, -0.15) is 25.7 Å². The van der Waals surface area contributed by atoms with E-state index in [9.17, 15) is 24.4 Å². The minimum atomic E-state index is 0.0729. The minimum absolute atomic E-state index is 0.0729. The Morgan fingerprint density at radius 1 is 0.328 bits per heavy atom. The van der Waals surface area contributed by atoms with Gasteiger partial charge in [0, 0.05) is 338 Å². The van der Waals surface area contributed by atoms with E-state index in [1.807, 2.05) is 44.4 Å². The number of rotatable bonds is 12. The molecule has 137 heavy (non-hydrogen) atoms. The highest BCUT2D eigenvalue weighted by molar-refractivity contribution is 6.01. The number of piperidine rings is 1. The van der Waals surface area contributed by atoms with E-state index in [1.54, 1.807) is 27.7 Å². The number of benzene rings is 4. The molecule has 0 radical (unpaired) electrons.